The Morgan fingerprint density at radius 1 is 1.09 bits per heavy atom. The molecule has 0 saturated heterocycles. The van der Waals surface area contributed by atoms with E-state index in [2.05, 4.69) is 0 Å². The first-order chi connectivity index (χ1) is 10.4. The third-order valence-corrected chi connectivity index (χ3v) is 3.64. The van der Waals surface area contributed by atoms with E-state index in [9.17, 15) is 18.7 Å². The number of hydrogen-bond acceptors (Lipinski definition) is 3. The number of rotatable bonds is 2. The Balaban J connectivity index is 1.97. The van der Waals surface area contributed by atoms with Gasteiger partial charge in [-0.25, -0.2) is 13.6 Å². The quantitative estimate of drug-likeness (QED) is 0.866. The third-order valence-electron chi connectivity index (χ3n) is 3.64. The smallest absolute Gasteiger partial charge is 0.333 e. The number of halogens is 2. The maximum atomic E-state index is 13.8. The highest BCUT2D eigenvalue weighted by molar-refractivity contribution is 5.86. The molecule has 3 nitrogen and oxygen atoms in total. The van der Waals surface area contributed by atoms with Crippen LogP contribution in [0.2, 0.25) is 0 Å². The second-order valence-corrected chi connectivity index (χ2v) is 5.09. The summed E-state index contributed by atoms with van der Waals surface area (Å²) >= 11 is 0. The molecule has 0 amide bonds. The molecule has 0 radical (unpaired) electrons. The van der Waals surface area contributed by atoms with Gasteiger partial charge >= 0.3 is 5.97 Å². The van der Waals surface area contributed by atoms with Crippen LogP contribution in [0.3, 0.4) is 0 Å². The largest absolute Gasteiger partial charge is 0.421 e. The third kappa shape index (κ3) is 2.29. The van der Waals surface area contributed by atoms with E-state index in [1.165, 1.54) is 30.3 Å². The highest BCUT2D eigenvalue weighted by atomic mass is 19.1. The van der Waals surface area contributed by atoms with Crippen molar-refractivity contribution in [2.75, 3.05) is 0 Å². The van der Waals surface area contributed by atoms with Gasteiger partial charge in [0.05, 0.1) is 0 Å². The standard InChI is InChI=1S/C17H12F2O3/c1-10-8-16(20)22-17(10,21)12-4-2-11(3-5-12)14-7-6-13(18)9-15(14)19/h2-9,21H,1H3. The van der Waals surface area contributed by atoms with E-state index in [4.69, 9.17) is 4.74 Å². The summed E-state index contributed by atoms with van der Waals surface area (Å²) in [6.45, 7) is 1.58. The molecule has 1 heterocycles. The molecule has 0 fully saturated rings. The van der Waals surface area contributed by atoms with Gasteiger partial charge < -0.3 is 9.84 Å². The van der Waals surface area contributed by atoms with Crippen molar-refractivity contribution in [2.24, 2.45) is 0 Å². The van der Waals surface area contributed by atoms with Crippen molar-refractivity contribution < 1.29 is 23.4 Å². The van der Waals surface area contributed by atoms with Crippen LogP contribution in [0.5, 0.6) is 0 Å². The van der Waals surface area contributed by atoms with Crippen LogP contribution in [0.4, 0.5) is 8.78 Å². The molecular formula is C17H12F2O3. The van der Waals surface area contributed by atoms with Crippen molar-refractivity contribution >= 4 is 5.97 Å². The molecule has 112 valence electrons. The normalized spacial score (nSPS) is 20.7. The first-order valence-corrected chi connectivity index (χ1v) is 6.60. The molecule has 0 aromatic heterocycles. The van der Waals surface area contributed by atoms with Crippen LogP contribution in [0.1, 0.15) is 12.5 Å². The van der Waals surface area contributed by atoms with E-state index < -0.39 is 23.4 Å². The predicted molar refractivity (Wildman–Crippen MR) is 75.5 cm³/mol. The molecule has 0 spiro atoms. The minimum absolute atomic E-state index is 0.246. The van der Waals surface area contributed by atoms with Crippen molar-refractivity contribution in [2.45, 2.75) is 12.7 Å². The molecule has 1 aliphatic heterocycles. The van der Waals surface area contributed by atoms with Gasteiger partial charge in [0.15, 0.2) is 0 Å². The van der Waals surface area contributed by atoms with Gasteiger partial charge in [-0.1, -0.05) is 24.3 Å². The Morgan fingerprint density at radius 3 is 2.32 bits per heavy atom. The Hall–Kier alpha value is -2.53. The molecule has 0 aliphatic carbocycles. The van der Waals surface area contributed by atoms with Crippen LogP contribution in [0.25, 0.3) is 11.1 Å². The number of esters is 1. The highest BCUT2D eigenvalue weighted by Gasteiger charge is 2.40. The van der Waals surface area contributed by atoms with E-state index in [0.29, 0.717) is 16.7 Å². The number of cyclic esters (lactones) is 1. The van der Waals surface area contributed by atoms with Gasteiger partial charge in [0.2, 0.25) is 0 Å². The number of aliphatic hydroxyl groups is 1. The molecule has 2 aromatic carbocycles. The average Bonchev–Trinajstić information content (AvgIpc) is 2.73. The zero-order chi connectivity index (χ0) is 15.9. The summed E-state index contributed by atoms with van der Waals surface area (Å²) in [7, 11) is 0. The molecule has 2 aromatic rings. The lowest BCUT2D eigenvalue weighted by molar-refractivity contribution is -0.185. The minimum Gasteiger partial charge on any atom is -0.421 e. The SMILES string of the molecule is CC1=CC(=O)OC1(O)c1ccc(-c2ccc(F)cc2F)cc1. The van der Waals surface area contributed by atoms with Crippen molar-refractivity contribution in [3.63, 3.8) is 0 Å². The van der Waals surface area contributed by atoms with Crippen LogP contribution in [-0.4, -0.2) is 11.1 Å². The van der Waals surface area contributed by atoms with Crippen molar-refractivity contribution in [1.82, 2.24) is 0 Å². The number of hydrogen-bond donors (Lipinski definition) is 1. The summed E-state index contributed by atoms with van der Waals surface area (Å²) < 4.78 is 31.6. The lowest BCUT2D eigenvalue weighted by Crippen LogP contribution is -2.27. The van der Waals surface area contributed by atoms with Gasteiger partial charge in [-0.05, 0) is 24.6 Å². The average molecular weight is 302 g/mol. The monoisotopic (exact) mass is 302 g/mol. The predicted octanol–water partition coefficient (Wildman–Crippen LogP) is 3.28. The van der Waals surface area contributed by atoms with Gasteiger partial charge in [-0.3, -0.25) is 0 Å². The van der Waals surface area contributed by atoms with Gasteiger partial charge in [-0.2, -0.15) is 0 Å². The number of ether oxygens (including phenoxy) is 1. The summed E-state index contributed by atoms with van der Waals surface area (Å²) in [6.07, 6.45) is 1.22. The fraction of sp³-hybridized carbons (Fsp3) is 0.118. The van der Waals surface area contributed by atoms with Crippen LogP contribution < -0.4 is 0 Å². The molecule has 3 rings (SSSR count). The second kappa shape index (κ2) is 5.03. The molecule has 5 heteroatoms. The van der Waals surface area contributed by atoms with Crippen molar-refractivity contribution in [3.05, 3.63) is 71.3 Å². The van der Waals surface area contributed by atoms with Crippen LogP contribution >= 0.6 is 0 Å². The maximum absolute atomic E-state index is 13.8. The second-order valence-electron chi connectivity index (χ2n) is 5.09. The molecule has 0 bridgehead atoms. The van der Waals surface area contributed by atoms with Crippen molar-refractivity contribution in [1.29, 1.82) is 0 Å². The fourth-order valence-corrected chi connectivity index (χ4v) is 2.42. The van der Waals surface area contributed by atoms with E-state index >= 15 is 0 Å². The number of carbonyl (C=O) groups excluding carboxylic acids is 1. The number of benzene rings is 2. The Kier molecular flexibility index (Phi) is 3.30. The van der Waals surface area contributed by atoms with E-state index in [0.717, 1.165) is 6.07 Å². The van der Waals surface area contributed by atoms with Crippen molar-refractivity contribution in [3.8, 4) is 11.1 Å². The molecular weight excluding hydrogens is 290 g/mol. The van der Waals surface area contributed by atoms with E-state index in [1.54, 1.807) is 19.1 Å². The Morgan fingerprint density at radius 2 is 1.77 bits per heavy atom. The number of carbonyl (C=O) groups is 1. The van der Waals surface area contributed by atoms with E-state index in [1.807, 2.05) is 0 Å². The highest BCUT2D eigenvalue weighted by Crippen LogP contribution is 2.36. The summed E-state index contributed by atoms with van der Waals surface area (Å²) in [6, 6.07) is 9.54. The molecule has 0 saturated carbocycles. The first kappa shape index (κ1) is 14.4. The van der Waals surface area contributed by atoms with Crippen LogP contribution in [-0.2, 0) is 15.3 Å². The topological polar surface area (TPSA) is 46.5 Å². The Bertz CT molecular complexity index is 781. The lowest BCUT2D eigenvalue weighted by atomic mass is 9.96. The summed E-state index contributed by atoms with van der Waals surface area (Å²) in [5, 5.41) is 10.4. The van der Waals surface area contributed by atoms with Gasteiger partial charge in [0, 0.05) is 28.8 Å². The van der Waals surface area contributed by atoms with E-state index in [-0.39, 0.29) is 5.56 Å². The lowest BCUT2D eigenvalue weighted by Gasteiger charge is -2.23. The minimum atomic E-state index is -1.79. The van der Waals surface area contributed by atoms with Gasteiger partial charge in [0.25, 0.3) is 5.79 Å². The molecule has 1 atom stereocenters. The first-order valence-electron chi connectivity index (χ1n) is 6.60. The fourth-order valence-electron chi connectivity index (χ4n) is 2.42. The van der Waals surface area contributed by atoms with Crippen LogP contribution in [0, 0.1) is 11.6 Å². The maximum Gasteiger partial charge on any atom is 0.333 e. The van der Waals surface area contributed by atoms with Gasteiger partial charge in [0.1, 0.15) is 11.6 Å². The summed E-state index contributed by atoms with van der Waals surface area (Å²) in [4.78, 5) is 11.3. The molecule has 1 unspecified atom stereocenters. The zero-order valence-corrected chi connectivity index (χ0v) is 11.6. The van der Waals surface area contributed by atoms with Crippen LogP contribution in [0.15, 0.2) is 54.1 Å². The molecule has 1 aliphatic rings. The molecule has 1 N–H and O–H groups in total. The van der Waals surface area contributed by atoms with Gasteiger partial charge in [-0.15, -0.1) is 0 Å². The summed E-state index contributed by atoms with van der Waals surface area (Å²) in [5.41, 5.74) is 1.50. The summed E-state index contributed by atoms with van der Waals surface area (Å²) in [5.74, 6) is -3.73. The zero-order valence-electron chi connectivity index (χ0n) is 11.6. The molecule has 22 heavy (non-hydrogen) atoms. The Labute approximate surface area is 125 Å².